The minimum absolute atomic E-state index is 0.0808. The quantitative estimate of drug-likeness (QED) is 0.249. The first-order chi connectivity index (χ1) is 12.7. The summed E-state index contributed by atoms with van der Waals surface area (Å²) in [6, 6.07) is 10.4. The summed E-state index contributed by atoms with van der Waals surface area (Å²) in [5.74, 6) is -2.52. The van der Waals surface area contributed by atoms with Gasteiger partial charge in [-0.2, -0.15) is 0 Å². The topological polar surface area (TPSA) is 128 Å². The SMILES string of the molecule is COc1cccc(CC(O)(CC(=O)C(=O)N(C)O)c2ccc(O)c(O)c2)c1. The Labute approximate surface area is 155 Å². The Bertz CT molecular complexity index is 850. The molecule has 0 saturated carbocycles. The van der Waals surface area contributed by atoms with Gasteiger partial charge in [0, 0.05) is 19.9 Å². The lowest BCUT2D eigenvalue weighted by atomic mass is 9.82. The van der Waals surface area contributed by atoms with Crippen molar-refractivity contribution in [1.82, 2.24) is 5.06 Å². The Morgan fingerprint density at radius 2 is 1.81 bits per heavy atom. The number of benzene rings is 2. The lowest BCUT2D eigenvalue weighted by molar-refractivity contribution is -0.167. The van der Waals surface area contributed by atoms with Crippen LogP contribution in [0.2, 0.25) is 0 Å². The van der Waals surface area contributed by atoms with Gasteiger partial charge in [0.15, 0.2) is 11.5 Å². The summed E-state index contributed by atoms with van der Waals surface area (Å²) in [6.07, 6.45) is -0.721. The van der Waals surface area contributed by atoms with Crippen molar-refractivity contribution in [3.05, 3.63) is 53.6 Å². The number of phenols is 2. The third-order valence-corrected chi connectivity index (χ3v) is 4.13. The molecule has 0 aromatic heterocycles. The van der Waals surface area contributed by atoms with Crippen LogP contribution in [0.3, 0.4) is 0 Å². The van der Waals surface area contributed by atoms with Crippen LogP contribution in [0.4, 0.5) is 0 Å². The molecule has 0 saturated heterocycles. The normalized spacial score (nSPS) is 12.9. The third-order valence-electron chi connectivity index (χ3n) is 4.13. The maximum Gasteiger partial charge on any atom is 0.313 e. The number of rotatable bonds is 7. The van der Waals surface area contributed by atoms with Crippen LogP contribution >= 0.6 is 0 Å². The van der Waals surface area contributed by atoms with E-state index in [1.165, 1.54) is 19.2 Å². The molecule has 27 heavy (non-hydrogen) atoms. The average Bonchev–Trinajstić information content (AvgIpc) is 2.63. The molecular weight excluding hydrogens is 354 g/mol. The summed E-state index contributed by atoms with van der Waals surface area (Å²) in [5.41, 5.74) is -1.13. The number of carbonyl (C=O) groups is 2. The zero-order valence-electron chi connectivity index (χ0n) is 14.9. The van der Waals surface area contributed by atoms with Crippen LogP contribution in [0.15, 0.2) is 42.5 Å². The molecule has 2 rings (SSSR count). The molecule has 144 valence electrons. The van der Waals surface area contributed by atoms with Crippen LogP contribution in [0.25, 0.3) is 0 Å². The van der Waals surface area contributed by atoms with E-state index in [4.69, 9.17) is 4.74 Å². The Kier molecular flexibility index (Phi) is 6.04. The van der Waals surface area contributed by atoms with Crippen LogP contribution in [0.5, 0.6) is 17.2 Å². The van der Waals surface area contributed by atoms with E-state index in [1.807, 2.05) is 0 Å². The number of methoxy groups -OCH3 is 1. The Morgan fingerprint density at radius 1 is 1.11 bits per heavy atom. The number of aliphatic hydroxyl groups is 1. The van der Waals surface area contributed by atoms with Gasteiger partial charge >= 0.3 is 5.91 Å². The zero-order chi connectivity index (χ0) is 20.2. The van der Waals surface area contributed by atoms with Crippen molar-refractivity contribution in [1.29, 1.82) is 0 Å². The summed E-state index contributed by atoms with van der Waals surface area (Å²) in [7, 11) is 2.50. The van der Waals surface area contributed by atoms with Crippen molar-refractivity contribution >= 4 is 11.7 Å². The number of hydroxylamine groups is 2. The highest BCUT2D eigenvalue weighted by Crippen LogP contribution is 2.35. The van der Waals surface area contributed by atoms with E-state index in [0.717, 1.165) is 13.1 Å². The van der Waals surface area contributed by atoms with E-state index in [1.54, 1.807) is 24.3 Å². The van der Waals surface area contributed by atoms with Crippen LogP contribution in [0, 0.1) is 0 Å². The fourth-order valence-electron chi connectivity index (χ4n) is 2.72. The van der Waals surface area contributed by atoms with Crippen LogP contribution in [-0.2, 0) is 21.6 Å². The number of carbonyl (C=O) groups excluding carboxylic acids is 2. The first-order valence-corrected chi connectivity index (χ1v) is 8.04. The minimum atomic E-state index is -1.87. The highest BCUT2D eigenvalue weighted by atomic mass is 16.5. The second-order valence-corrected chi connectivity index (χ2v) is 6.19. The number of ether oxygens (including phenoxy) is 1. The molecule has 0 bridgehead atoms. The summed E-state index contributed by atoms with van der Waals surface area (Å²) < 4.78 is 5.15. The minimum Gasteiger partial charge on any atom is -0.504 e. The Morgan fingerprint density at radius 3 is 2.41 bits per heavy atom. The van der Waals surface area contributed by atoms with Crippen LogP contribution in [-0.4, -0.2) is 51.4 Å². The predicted octanol–water partition coefficient (Wildman–Crippen LogP) is 1.34. The van der Waals surface area contributed by atoms with E-state index in [0.29, 0.717) is 11.3 Å². The van der Waals surface area contributed by atoms with E-state index in [2.05, 4.69) is 0 Å². The molecule has 0 spiro atoms. The van der Waals surface area contributed by atoms with E-state index in [-0.39, 0.29) is 22.8 Å². The monoisotopic (exact) mass is 375 g/mol. The number of aromatic hydroxyl groups is 2. The molecule has 0 heterocycles. The maximum atomic E-state index is 12.2. The lowest BCUT2D eigenvalue weighted by Crippen LogP contribution is -2.38. The van der Waals surface area contributed by atoms with E-state index >= 15 is 0 Å². The van der Waals surface area contributed by atoms with E-state index < -0.39 is 29.5 Å². The van der Waals surface area contributed by atoms with Gasteiger partial charge in [-0.3, -0.25) is 14.8 Å². The van der Waals surface area contributed by atoms with Gasteiger partial charge in [-0.15, -0.1) is 0 Å². The molecule has 0 aliphatic heterocycles. The summed E-state index contributed by atoms with van der Waals surface area (Å²) >= 11 is 0. The van der Waals surface area contributed by atoms with Gasteiger partial charge in [-0.1, -0.05) is 18.2 Å². The molecule has 8 heteroatoms. The Hall–Kier alpha value is -3.10. The van der Waals surface area contributed by atoms with Crippen molar-refractivity contribution < 1.29 is 34.9 Å². The molecular formula is C19H21NO7. The molecule has 2 aromatic rings. The Balaban J connectivity index is 2.44. The van der Waals surface area contributed by atoms with E-state index in [9.17, 15) is 30.1 Å². The van der Waals surface area contributed by atoms with Gasteiger partial charge < -0.3 is 20.1 Å². The lowest BCUT2D eigenvalue weighted by Gasteiger charge is -2.29. The second-order valence-electron chi connectivity index (χ2n) is 6.19. The van der Waals surface area contributed by atoms with Gasteiger partial charge in [0.25, 0.3) is 0 Å². The van der Waals surface area contributed by atoms with Gasteiger partial charge in [0.2, 0.25) is 5.78 Å². The third kappa shape index (κ3) is 4.75. The number of hydrogen-bond acceptors (Lipinski definition) is 7. The van der Waals surface area contributed by atoms with Crippen molar-refractivity contribution in [2.75, 3.05) is 14.2 Å². The smallest absolute Gasteiger partial charge is 0.313 e. The molecule has 0 aliphatic rings. The number of nitrogens with zero attached hydrogens (tertiary/aromatic N) is 1. The molecule has 0 fully saturated rings. The van der Waals surface area contributed by atoms with Gasteiger partial charge in [0.1, 0.15) is 11.4 Å². The molecule has 8 nitrogen and oxygen atoms in total. The highest BCUT2D eigenvalue weighted by molar-refractivity contribution is 6.35. The number of likely N-dealkylation sites (N-methyl/N-ethyl adjacent to an activating group) is 1. The number of Topliss-reactive ketones (excluding diaryl/α,β-unsaturated/α-hetero) is 1. The molecule has 0 radical (unpaired) electrons. The van der Waals surface area contributed by atoms with Crippen molar-refractivity contribution in [3.8, 4) is 17.2 Å². The largest absolute Gasteiger partial charge is 0.504 e. The number of hydrogen-bond donors (Lipinski definition) is 4. The zero-order valence-corrected chi connectivity index (χ0v) is 14.9. The predicted molar refractivity (Wildman–Crippen MR) is 94.5 cm³/mol. The van der Waals surface area contributed by atoms with Crippen molar-refractivity contribution in [2.45, 2.75) is 18.4 Å². The van der Waals surface area contributed by atoms with Crippen molar-refractivity contribution in [3.63, 3.8) is 0 Å². The van der Waals surface area contributed by atoms with Crippen LogP contribution < -0.4 is 4.74 Å². The van der Waals surface area contributed by atoms with Gasteiger partial charge in [-0.25, -0.2) is 5.06 Å². The first kappa shape index (κ1) is 20.2. The first-order valence-electron chi connectivity index (χ1n) is 8.04. The molecule has 0 aliphatic carbocycles. The number of phenolic OH excluding ortho intramolecular Hbond substituents is 2. The fourth-order valence-corrected chi connectivity index (χ4v) is 2.72. The maximum absolute atomic E-state index is 12.2. The molecule has 2 aromatic carbocycles. The summed E-state index contributed by atoms with van der Waals surface area (Å²) in [5, 5.41) is 39.8. The standard InChI is InChI=1S/C19H21NO7/c1-20(26)18(24)17(23)11-19(25,13-6-7-15(21)16(22)9-13)10-12-4-3-5-14(8-12)27-2/h3-9,21-22,25-26H,10-11H2,1-2H3. The summed E-state index contributed by atoms with van der Waals surface area (Å²) in [4.78, 5) is 23.9. The van der Waals surface area contributed by atoms with Crippen LogP contribution in [0.1, 0.15) is 17.5 Å². The second kappa shape index (κ2) is 8.07. The molecule has 1 atom stereocenters. The molecule has 1 amide bonds. The number of amides is 1. The highest BCUT2D eigenvalue weighted by Gasteiger charge is 2.36. The number of ketones is 1. The van der Waals surface area contributed by atoms with Crippen molar-refractivity contribution in [2.24, 2.45) is 0 Å². The van der Waals surface area contributed by atoms with Gasteiger partial charge in [0.05, 0.1) is 7.11 Å². The van der Waals surface area contributed by atoms with Gasteiger partial charge in [-0.05, 0) is 35.4 Å². The molecule has 4 N–H and O–H groups in total. The average molecular weight is 375 g/mol. The fraction of sp³-hybridized carbons (Fsp3) is 0.263. The molecule has 1 unspecified atom stereocenters. The summed E-state index contributed by atoms with van der Waals surface area (Å²) in [6.45, 7) is 0.